The Kier molecular flexibility index (Phi) is 1.51. The van der Waals surface area contributed by atoms with E-state index < -0.39 is 0 Å². The molecule has 68 valence electrons. The van der Waals surface area contributed by atoms with E-state index >= 15 is 0 Å². The maximum Gasteiger partial charge on any atom is 0.271 e. The number of H-pyrrole nitrogens is 2. The maximum absolute atomic E-state index is 11.3. The summed E-state index contributed by atoms with van der Waals surface area (Å²) in [7, 11) is 0. The number of rotatable bonds is 1. The molecule has 0 aliphatic carbocycles. The summed E-state index contributed by atoms with van der Waals surface area (Å²) in [6, 6.07) is 3.22. The number of nitrogens with one attached hydrogen (secondary N) is 2. The summed E-state index contributed by atoms with van der Waals surface area (Å²) >= 11 is 0. The maximum atomic E-state index is 11.3. The van der Waals surface area contributed by atoms with Crippen molar-refractivity contribution in [1.29, 1.82) is 0 Å². The molecule has 0 unspecified atom stereocenters. The van der Waals surface area contributed by atoms with E-state index in [2.05, 4.69) is 10.1 Å². The third-order valence-corrected chi connectivity index (χ3v) is 1.80. The van der Waals surface area contributed by atoms with Gasteiger partial charge in [-0.2, -0.15) is 0 Å². The van der Waals surface area contributed by atoms with E-state index in [0.717, 1.165) is 11.4 Å². The highest BCUT2D eigenvalue weighted by Gasteiger charge is 2.03. The minimum Gasteiger partial charge on any atom is -0.385 e. The van der Waals surface area contributed by atoms with Gasteiger partial charge in [0.15, 0.2) is 0 Å². The third-order valence-electron chi connectivity index (χ3n) is 1.80. The summed E-state index contributed by atoms with van der Waals surface area (Å²) < 4.78 is 1.43. The number of aryl methyl sites for hydroxylation is 1. The van der Waals surface area contributed by atoms with Crippen LogP contribution in [0.25, 0.3) is 5.69 Å². The molecule has 0 saturated carbocycles. The molecule has 2 aromatic rings. The van der Waals surface area contributed by atoms with Gasteiger partial charge in [-0.05, 0) is 6.92 Å². The van der Waals surface area contributed by atoms with Crippen LogP contribution in [-0.4, -0.2) is 14.8 Å². The average molecular weight is 178 g/mol. The normalized spacial score (nSPS) is 10.5. The molecule has 0 fully saturated rings. The number of anilines is 1. The Morgan fingerprint density at radius 1 is 1.46 bits per heavy atom. The van der Waals surface area contributed by atoms with Gasteiger partial charge in [0.05, 0.1) is 5.69 Å². The Morgan fingerprint density at radius 2 is 2.23 bits per heavy atom. The van der Waals surface area contributed by atoms with Crippen molar-refractivity contribution in [3.63, 3.8) is 0 Å². The lowest BCUT2D eigenvalue weighted by Gasteiger charge is -1.94. The monoisotopic (exact) mass is 178 g/mol. The molecule has 0 aliphatic heterocycles. The van der Waals surface area contributed by atoms with E-state index in [1.54, 1.807) is 12.3 Å². The van der Waals surface area contributed by atoms with Crippen LogP contribution in [0.5, 0.6) is 0 Å². The van der Waals surface area contributed by atoms with Gasteiger partial charge in [-0.15, -0.1) is 0 Å². The number of hydrogen-bond donors (Lipinski definition) is 3. The molecule has 13 heavy (non-hydrogen) atoms. The van der Waals surface area contributed by atoms with Crippen LogP contribution in [-0.2, 0) is 0 Å². The van der Waals surface area contributed by atoms with Crippen LogP contribution in [0.1, 0.15) is 5.69 Å². The van der Waals surface area contributed by atoms with Gasteiger partial charge in [0.2, 0.25) is 0 Å². The molecule has 5 heteroatoms. The van der Waals surface area contributed by atoms with E-state index in [0.29, 0.717) is 5.82 Å². The SMILES string of the molecule is Cc1cc(=O)n(-c2c[nH]c(N)c2)[nH]1. The first kappa shape index (κ1) is 7.72. The molecule has 0 amide bonds. The molecular weight excluding hydrogens is 168 g/mol. The highest BCUT2D eigenvalue weighted by atomic mass is 16.1. The second-order valence-corrected chi connectivity index (χ2v) is 2.93. The number of nitrogen functional groups attached to an aromatic ring is 1. The number of nitrogens with two attached hydrogens (primary N) is 1. The van der Waals surface area contributed by atoms with Gasteiger partial charge < -0.3 is 10.7 Å². The molecule has 0 atom stereocenters. The van der Waals surface area contributed by atoms with Crippen LogP contribution in [0.2, 0.25) is 0 Å². The zero-order chi connectivity index (χ0) is 9.42. The van der Waals surface area contributed by atoms with Gasteiger partial charge >= 0.3 is 0 Å². The van der Waals surface area contributed by atoms with Crippen LogP contribution in [0.4, 0.5) is 5.82 Å². The minimum atomic E-state index is -0.0866. The zero-order valence-corrected chi connectivity index (χ0v) is 7.16. The number of nitrogens with zero attached hydrogens (tertiary/aromatic N) is 1. The van der Waals surface area contributed by atoms with Crippen LogP contribution >= 0.6 is 0 Å². The van der Waals surface area contributed by atoms with Gasteiger partial charge in [-0.25, -0.2) is 4.68 Å². The minimum absolute atomic E-state index is 0.0866. The molecule has 0 radical (unpaired) electrons. The van der Waals surface area contributed by atoms with Crippen LogP contribution in [0, 0.1) is 6.92 Å². The van der Waals surface area contributed by atoms with Crippen molar-refractivity contribution in [3.05, 3.63) is 34.4 Å². The van der Waals surface area contributed by atoms with E-state index in [4.69, 9.17) is 5.73 Å². The summed E-state index contributed by atoms with van der Waals surface area (Å²) in [4.78, 5) is 14.1. The molecule has 0 bridgehead atoms. The Labute approximate surface area is 74.2 Å². The Balaban J connectivity index is 2.58. The number of aromatic nitrogens is 3. The summed E-state index contributed by atoms with van der Waals surface area (Å²) in [5.41, 5.74) is 6.94. The van der Waals surface area contributed by atoms with Gasteiger partial charge in [0.25, 0.3) is 5.56 Å². The van der Waals surface area contributed by atoms with E-state index in [1.807, 2.05) is 6.92 Å². The van der Waals surface area contributed by atoms with Crippen molar-refractivity contribution < 1.29 is 0 Å². The first-order chi connectivity index (χ1) is 6.16. The summed E-state index contributed by atoms with van der Waals surface area (Å²) in [5.74, 6) is 0.536. The topological polar surface area (TPSA) is 79.6 Å². The van der Waals surface area contributed by atoms with Crippen molar-refractivity contribution in [2.45, 2.75) is 6.92 Å². The van der Waals surface area contributed by atoms with Gasteiger partial charge in [0, 0.05) is 24.0 Å². The molecular formula is C8H10N4O. The van der Waals surface area contributed by atoms with Crippen LogP contribution < -0.4 is 11.3 Å². The Hall–Kier alpha value is -1.91. The lowest BCUT2D eigenvalue weighted by molar-refractivity contribution is 0.836. The van der Waals surface area contributed by atoms with Crippen molar-refractivity contribution in [1.82, 2.24) is 14.8 Å². The average Bonchev–Trinajstić information content (AvgIpc) is 2.58. The zero-order valence-electron chi connectivity index (χ0n) is 7.16. The molecule has 4 N–H and O–H groups in total. The lowest BCUT2D eigenvalue weighted by Crippen LogP contribution is -2.12. The molecule has 5 nitrogen and oxygen atoms in total. The number of hydrogen-bond acceptors (Lipinski definition) is 2. The summed E-state index contributed by atoms with van der Waals surface area (Å²) in [6.07, 6.45) is 1.67. The first-order valence-electron chi connectivity index (χ1n) is 3.90. The standard InChI is InChI=1S/C8H10N4O/c1-5-2-8(13)12(11-5)6-3-7(9)10-4-6/h2-4,10-11H,9H2,1H3. The van der Waals surface area contributed by atoms with Crippen molar-refractivity contribution >= 4 is 5.82 Å². The molecule has 0 aromatic carbocycles. The predicted molar refractivity (Wildman–Crippen MR) is 49.9 cm³/mol. The summed E-state index contributed by atoms with van der Waals surface area (Å²) in [5, 5.41) is 2.90. The quantitative estimate of drug-likeness (QED) is 0.590. The highest BCUT2D eigenvalue weighted by molar-refractivity contribution is 5.42. The molecule has 2 aromatic heterocycles. The summed E-state index contributed by atoms with van der Waals surface area (Å²) in [6.45, 7) is 1.83. The van der Waals surface area contributed by atoms with Crippen molar-refractivity contribution in [3.8, 4) is 5.69 Å². The Morgan fingerprint density at radius 3 is 2.69 bits per heavy atom. The van der Waals surface area contributed by atoms with Crippen molar-refractivity contribution in [2.24, 2.45) is 0 Å². The molecule has 0 saturated heterocycles. The van der Waals surface area contributed by atoms with Crippen LogP contribution in [0.3, 0.4) is 0 Å². The van der Waals surface area contributed by atoms with Gasteiger partial charge in [-0.3, -0.25) is 9.89 Å². The van der Waals surface area contributed by atoms with Crippen LogP contribution in [0.15, 0.2) is 23.1 Å². The fourth-order valence-corrected chi connectivity index (χ4v) is 1.23. The first-order valence-corrected chi connectivity index (χ1v) is 3.90. The largest absolute Gasteiger partial charge is 0.385 e. The smallest absolute Gasteiger partial charge is 0.271 e. The molecule has 2 rings (SSSR count). The lowest BCUT2D eigenvalue weighted by atomic mass is 10.5. The molecule has 2 heterocycles. The van der Waals surface area contributed by atoms with E-state index in [1.165, 1.54) is 10.7 Å². The molecule has 0 spiro atoms. The van der Waals surface area contributed by atoms with E-state index in [-0.39, 0.29) is 5.56 Å². The highest BCUT2D eigenvalue weighted by Crippen LogP contribution is 2.07. The van der Waals surface area contributed by atoms with Gasteiger partial charge in [0.1, 0.15) is 5.82 Å². The number of aromatic amines is 2. The van der Waals surface area contributed by atoms with E-state index in [9.17, 15) is 4.79 Å². The Bertz CT molecular complexity index is 476. The van der Waals surface area contributed by atoms with Crippen molar-refractivity contribution in [2.75, 3.05) is 5.73 Å². The second kappa shape index (κ2) is 2.55. The van der Waals surface area contributed by atoms with Gasteiger partial charge in [-0.1, -0.05) is 0 Å². The second-order valence-electron chi connectivity index (χ2n) is 2.93. The third kappa shape index (κ3) is 1.24. The fourth-order valence-electron chi connectivity index (χ4n) is 1.23. The predicted octanol–water partition coefficient (Wildman–Crippen LogP) is 0.384. The fraction of sp³-hybridized carbons (Fsp3) is 0.125. The molecule has 0 aliphatic rings.